The molecule has 0 atom stereocenters. The molecule has 5 heteroatoms. The summed E-state index contributed by atoms with van der Waals surface area (Å²) >= 11 is -1.91. The second-order valence-corrected chi connectivity index (χ2v) is 24.9. The smallest absolute Gasteiger partial charge is 0.121 e. The average molecular weight is 953 g/mol. The molecule has 55 heavy (non-hydrogen) atoms. The van der Waals surface area contributed by atoms with Gasteiger partial charge in [0, 0.05) is 31.7 Å². The standard InChI is InChI=1S/C29H18NO.C21H22GeN.Ir/c1-3-8-20(9-4-1)22-14-15-24-25-12-7-13-26(29(25)31-28(24)19-22)27-18-23(16-17-30-27)21-10-5-2-6-11-21;1-16-10-11-18(14-20(16)17-8-6-5-7-9-17)21-13-12-19(15-23-21)22(2,3)4;/h1-12,14-19H;5-10,12-15H,1-4H3;/q2*-1;/i;1D3;. The zero-order valence-corrected chi connectivity index (χ0v) is 35.3. The van der Waals surface area contributed by atoms with Gasteiger partial charge in [-0.25, -0.2) is 0 Å². The first kappa shape index (κ1) is 34.1. The van der Waals surface area contributed by atoms with Crippen LogP contribution < -0.4 is 4.40 Å². The van der Waals surface area contributed by atoms with Crippen molar-refractivity contribution in [2.45, 2.75) is 24.1 Å². The van der Waals surface area contributed by atoms with Crippen LogP contribution in [0.25, 0.3) is 77.8 Å². The number of hydrogen-bond donors (Lipinski definition) is 0. The van der Waals surface area contributed by atoms with Crippen molar-refractivity contribution >= 4 is 39.6 Å². The number of benzene rings is 6. The Labute approximate surface area is 344 Å². The summed E-state index contributed by atoms with van der Waals surface area (Å²) in [7, 11) is 0. The van der Waals surface area contributed by atoms with Crippen molar-refractivity contribution in [1.29, 1.82) is 0 Å². The minimum Gasteiger partial charge on any atom is -0.501 e. The van der Waals surface area contributed by atoms with E-state index in [1.807, 2.05) is 91.3 Å². The Morgan fingerprint density at radius 3 is 1.91 bits per heavy atom. The SMILES string of the molecule is [2H]C([2H])([2H])c1c[c-]c(-c2cc[c]([Ge]([CH3])([CH3])[CH3])cn2)cc1-c1ccccc1.[Ir].[c-]1ccc2c(oc3cc(-c4ccccc4)ccc32)c1-c1cc(-c2ccccc2)ccn1. The third kappa shape index (κ3) is 8.33. The molecule has 0 spiro atoms. The Hall–Kier alpha value is -5.39. The Balaban J connectivity index is 0.000000177. The summed E-state index contributed by atoms with van der Waals surface area (Å²) in [6, 6.07) is 59.0. The van der Waals surface area contributed by atoms with Gasteiger partial charge < -0.3 is 9.40 Å². The van der Waals surface area contributed by atoms with Gasteiger partial charge in [0.1, 0.15) is 5.58 Å². The van der Waals surface area contributed by atoms with Gasteiger partial charge in [-0.1, -0.05) is 89.8 Å². The molecule has 271 valence electrons. The van der Waals surface area contributed by atoms with Crippen molar-refractivity contribution in [2.24, 2.45) is 0 Å². The predicted octanol–water partition coefficient (Wildman–Crippen LogP) is 12.8. The largest absolute Gasteiger partial charge is 0.501 e. The second kappa shape index (κ2) is 16.5. The first-order chi connectivity index (χ1) is 27.5. The van der Waals surface area contributed by atoms with Crippen molar-refractivity contribution in [3.8, 4) is 55.9 Å². The monoisotopic (exact) mass is 954 g/mol. The van der Waals surface area contributed by atoms with Gasteiger partial charge in [-0.2, -0.15) is 0 Å². The molecule has 0 N–H and O–H groups in total. The van der Waals surface area contributed by atoms with Crippen LogP contribution in [0.3, 0.4) is 0 Å². The van der Waals surface area contributed by atoms with Crippen LogP contribution in [0.15, 0.2) is 175 Å². The van der Waals surface area contributed by atoms with E-state index in [0.717, 1.165) is 66.7 Å². The Kier molecular flexibility index (Phi) is 10.3. The van der Waals surface area contributed by atoms with Crippen molar-refractivity contribution in [3.63, 3.8) is 0 Å². The molecule has 0 saturated carbocycles. The number of pyridine rings is 2. The average Bonchev–Trinajstić information content (AvgIpc) is 3.62. The van der Waals surface area contributed by atoms with E-state index in [2.05, 4.69) is 112 Å². The summed E-state index contributed by atoms with van der Waals surface area (Å²) in [6.45, 7) is -2.18. The van der Waals surface area contributed by atoms with Gasteiger partial charge in [0.15, 0.2) is 0 Å². The Morgan fingerprint density at radius 1 is 0.600 bits per heavy atom. The van der Waals surface area contributed by atoms with E-state index in [1.165, 1.54) is 9.96 Å². The molecule has 3 aromatic heterocycles. The summed E-state index contributed by atoms with van der Waals surface area (Å²) in [5.41, 5.74) is 11.6. The van der Waals surface area contributed by atoms with Gasteiger partial charge in [-0.05, 0) is 40.1 Å². The van der Waals surface area contributed by atoms with E-state index in [-0.39, 0.29) is 20.1 Å². The fourth-order valence-electron chi connectivity index (χ4n) is 6.61. The number of fused-ring (bicyclic) bond motifs is 3. The van der Waals surface area contributed by atoms with Crippen LogP contribution in [0.5, 0.6) is 0 Å². The first-order valence-electron chi connectivity index (χ1n) is 19.6. The topological polar surface area (TPSA) is 38.9 Å². The molecule has 6 aromatic carbocycles. The molecule has 0 fully saturated rings. The van der Waals surface area contributed by atoms with Gasteiger partial charge in [0.2, 0.25) is 0 Å². The van der Waals surface area contributed by atoms with Crippen molar-refractivity contribution in [3.05, 3.63) is 188 Å². The minimum atomic E-state index is -2.18. The molecule has 1 radical (unpaired) electrons. The van der Waals surface area contributed by atoms with Gasteiger partial charge in [0.25, 0.3) is 0 Å². The van der Waals surface area contributed by atoms with Crippen LogP contribution in [-0.4, -0.2) is 23.2 Å². The maximum absolute atomic E-state index is 7.84. The number of furan rings is 1. The van der Waals surface area contributed by atoms with Crippen LogP contribution >= 0.6 is 0 Å². The van der Waals surface area contributed by atoms with E-state index in [4.69, 9.17) is 8.53 Å². The molecule has 0 aliphatic heterocycles. The molecule has 3 nitrogen and oxygen atoms in total. The number of rotatable bonds is 6. The van der Waals surface area contributed by atoms with E-state index >= 15 is 0 Å². The normalized spacial score (nSPS) is 12.2. The van der Waals surface area contributed by atoms with E-state index in [1.54, 1.807) is 6.07 Å². The number of aromatic nitrogens is 2. The van der Waals surface area contributed by atoms with Gasteiger partial charge >= 0.3 is 146 Å². The zero-order valence-electron chi connectivity index (χ0n) is 33.8. The van der Waals surface area contributed by atoms with Crippen LogP contribution in [0.1, 0.15) is 9.68 Å². The number of hydrogen-bond acceptors (Lipinski definition) is 3. The summed E-state index contributed by atoms with van der Waals surface area (Å²) < 4.78 is 31.2. The van der Waals surface area contributed by atoms with Gasteiger partial charge in [-0.3, -0.25) is 0 Å². The van der Waals surface area contributed by atoms with Gasteiger partial charge in [-0.15, -0.1) is 18.2 Å². The van der Waals surface area contributed by atoms with E-state index in [9.17, 15) is 0 Å². The molecule has 0 unspecified atom stereocenters. The number of nitrogens with zero attached hydrogens (tertiary/aromatic N) is 2. The van der Waals surface area contributed by atoms with Crippen molar-refractivity contribution < 1.29 is 28.6 Å². The molecule has 0 aliphatic rings. The molecule has 0 bridgehead atoms. The van der Waals surface area contributed by atoms with E-state index < -0.39 is 20.1 Å². The summed E-state index contributed by atoms with van der Waals surface area (Å²) in [5.74, 6) is 7.00. The maximum Gasteiger partial charge on any atom is 0.121 e. The third-order valence-corrected chi connectivity index (χ3v) is 13.9. The van der Waals surface area contributed by atoms with Crippen molar-refractivity contribution in [2.75, 3.05) is 0 Å². The molecular formula is C50H40GeIrN2O-2. The quantitative estimate of drug-likeness (QED) is 0.123. The fourth-order valence-corrected chi connectivity index (χ4v) is 8.78. The molecule has 3 heterocycles. The van der Waals surface area contributed by atoms with Crippen LogP contribution in [-0.2, 0) is 20.1 Å². The maximum atomic E-state index is 7.84. The summed E-state index contributed by atoms with van der Waals surface area (Å²) in [5, 5.41) is 2.18. The Morgan fingerprint density at radius 2 is 1.27 bits per heavy atom. The Bertz CT molecular complexity index is 2800. The first-order valence-corrected chi connectivity index (χ1v) is 25.4. The van der Waals surface area contributed by atoms with Gasteiger partial charge in [0.05, 0.1) is 5.58 Å². The third-order valence-electron chi connectivity index (χ3n) is 9.60. The minimum absolute atomic E-state index is 0. The van der Waals surface area contributed by atoms with Crippen LogP contribution in [0, 0.1) is 19.0 Å². The number of aryl methyl sites for hydroxylation is 1. The predicted molar refractivity (Wildman–Crippen MR) is 228 cm³/mol. The molecule has 0 amide bonds. The fraction of sp³-hybridized carbons (Fsp3) is 0.0800. The van der Waals surface area contributed by atoms with Crippen LogP contribution in [0.2, 0.25) is 17.3 Å². The van der Waals surface area contributed by atoms with Crippen molar-refractivity contribution in [1.82, 2.24) is 9.97 Å². The summed E-state index contributed by atoms with van der Waals surface area (Å²) in [4.78, 5) is 9.25. The van der Waals surface area contributed by atoms with E-state index in [0.29, 0.717) is 11.1 Å². The summed E-state index contributed by atoms with van der Waals surface area (Å²) in [6.07, 6.45) is 3.81. The molecule has 0 aliphatic carbocycles. The molecule has 9 rings (SSSR count). The van der Waals surface area contributed by atoms with Crippen LogP contribution in [0.4, 0.5) is 0 Å². The zero-order chi connectivity index (χ0) is 39.6. The second-order valence-electron chi connectivity index (χ2n) is 14.3. The molecule has 0 saturated heterocycles. The molecular weight excluding hydrogens is 909 g/mol. The molecule has 9 aromatic rings.